The van der Waals surface area contributed by atoms with Gasteiger partial charge in [-0.3, -0.25) is 19.3 Å². The molecular formula is C21H21BrN2O4. The number of aliphatic hydroxyl groups is 1. The molecule has 28 heavy (non-hydrogen) atoms. The topological polar surface area (TPSA) is 77.9 Å². The lowest BCUT2D eigenvalue weighted by molar-refractivity contribution is -0.132. The summed E-state index contributed by atoms with van der Waals surface area (Å²) < 4.78 is 0.741. The Hall–Kier alpha value is -2.51. The van der Waals surface area contributed by atoms with E-state index in [1.165, 1.54) is 4.90 Å². The van der Waals surface area contributed by atoms with Crippen LogP contribution in [0.25, 0.3) is 0 Å². The van der Waals surface area contributed by atoms with Crippen molar-refractivity contribution < 1.29 is 19.5 Å². The minimum Gasteiger partial charge on any atom is -0.395 e. The highest BCUT2D eigenvalue weighted by molar-refractivity contribution is 9.10. The number of amides is 3. The van der Waals surface area contributed by atoms with E-state index in [0.29, 0.717) is 24.1 Å². The molecule has 3 rings (SSSR count). The summed E-state index contributed by atoms with van der Waals surface area (Å²) in [6.45, 7) is 0.732. The molecule has 0 unspecified atom stereocenters. The first kappa shape index (κ1) is 20.2. The lowest BCUT2D eigenvalue weighted by atomic mass is 10.1. The molecule has 1 heterocycles. The van der Waals surface area contributed by atoms with Crippen LogP contribution in [0.1, 0.15) is 39.1 Å². The van der Waals surface area contributed by atoms with E-state index in [1.807, 2.05) is 30.3 Å². The van der Waals surface area contributed by atoms with Crippen LogP contribution in [0.4, 0.5) is 0 Å². The standard InChI is InChI=1S/C21H21BrN2O4/c22-16-8-9-17-18(13-16)21(28)24(20(17)27)10-4-7-19(26)23(11-12-25)14-15-5-2-1-3-6-15/h1-3,5-6,8-9,13,25H,4,7,10-12,14H2. The highest BCUT2D eigenvalue weighted by atomic mass is 79.9. The third-order valence-electron chi connectivity index (χ3n) is 4.64. The maximum Gasteiger partial charge on any atom is 0.261 e. The predicted molar refractivity (Wildman–Crippen MR) is 108 cm³/mol. The number of fused-ring (bicyclic) bond motifs is 1. The number of halogens is 1. The van der Waals surface area contributed by atoms with Crippen LogP contribution in [-0.4, -0.2) is 52.3 Å². The number of carbonyl (C=O) groups excluding carboxylic acids is 3. The number of hydrogen-bond acceptors (Lipinski definition) is 4. The Morgan fingerprint density at radius 1 is 1.04 bits per heavy atom. The largest absolute Gasteiger partial charge is 0.395 e. The molecule has 0 atom stereocenters. The predicted octanol–water partition coefficient (Wildman–Crippen LogP) is 2.85. The first-order valence-corrected chi connectivity index (χ1v) is 9.89. The van der Waals surface area contributed by atoms with Crippen molar-refractivity contribution in [3.8, 4) is 0 Å². The number of rotatable bonds is 8. The number of aliphatic hydroxyl groups excluding tert-OH is 1. The average Bonchev–Trinajstić information content (AvgIpc) is 2.92. The van der Waals surface area contributed by atoms with Gasteiger partial charge < -0.3 is 10.0 Å². The zero-order valence-corrected chi connectivity index (χ0v) is 16.9. The molecule has 6 nitrogen and oxygen atoms in total. The van der Waals surface area contributed by atoms with Gasteiger partial charge in [0, 0.05) is 30.5 Å². The summed E-state index contributed by atoms with van der Waals surface area (Å²) in [5.74, 6) is -0.765. The summed E-state index contributed by atoms with van der Waals surface area (Å²) >= 11 is 3.31. The van der Waals surface area contributed by atoms with Gasteiger partial charge >= 0.3 is 0 Å². The lowest BCUT2D eigenvalue weighted by Crippen LogP contribution is -2.35. The van der Waals surface area contributed by atoms with Crippen molar-refractivity contribution >= 4 is 33.7 Å². The van der Waals surface area contributed by atoms with Crippen LogP contribution >= 0.6 is 15.9 Å². The molecule has 0 saturated heterocycles. The van der Waals surface area contributed by atoms with Gasteiger partial charge in [0.05, 0.1) is 17.7 Å². The number of imide groups is 1. The van der Waals surface area contributed by atoms with Crippen LogP contribution < -0.4 is 0 Å². The minimum absolute atomic E-state index is 0.114. The second kappa shape index (κ2) is 9.12. The van der Waals surface area contributed by atoms with Gasteiger partial charge in [0.2, 0.25) is 5.91 Å². The van der Waals surface area contributed by atoms with E-state index in [1.54, 1.807) is 23.1 Å². The summed E-state index contributed by atoms with van der Waals surface area (Å²) in [6.07, 6.45) is 0.576. The van der Waals surface area contributed by atoms with E-state index in [9.17, 15) is 19.5 Å². The van der Waals surface area contributed by atoms with Crippen molar-refractivity contribution in [3.05, 3.63) is 69.7 Å². The second-order valence-electron chi connectivity index (χ2n) is 6.58. The SMILES string of the molecule is O=C(CCCN1C(=O)c2ccc(Br)cc2C1=O)N(CCO)Cc1ccccc1. The van der Waals surface area contributed by atoms with E-state index < -0.39 is 0 Å². The van der Waals surface area contributed by atoms with Gasteiger partial charge in [-0.15, -0.1) is 0 Å². The first-order valence-electron chi connectivity index (χ1n) is 9.09. The Morgan fingerprint density at radius 2 is 1.75 bits per heavy atom. The van der Waals surface area contributed by atoms with Gasteiger partial charge in [-0.1, -0.05) is 46.3 Å². The molecule has 2 aromatic rings. The molecule has 0 saturated carbocycles. The maximum atomic E-state index is 12.6. The van der Waals surface area contributed by atoms with Crippen molar-refractivity contribution in [1.29, 1.82) is 0 Å². The molecular weight excluding hydrogens is 424 g/mol. The molecule has 7 heteroatoms. The molecule has 0 fully saturated rings. The van der Waals surface area contributed by atoms with Gasteiger partial charge in [0.15, 0.2) is 0 Å². The lowest BCUT2D eigenvalue weighted by Gasteiger charge is -2.22. The Balaban J connectivity index is 1.57. The Kier molecular flexibility index (Phi) is 6.59. The van der Waals surface area contributed by atoms with Crippen molar-refractivity contribution in [2.75, 3.05) is 19.7 Å². The summed E-state index contributed by atoms with van der Waals surface area (Å²) in [6, 6.07) is 14.6. The van der Waals surface area contributed by atoms with Crippen molar-refractivity contribution in [3.63, 3.8) is 0 Å². The molecule has 0 spiro atoms. The van der Waals surface area contributed by atoms with E-state index >= 15 is 0 Å². The highest BCUT2D eigenvalue weighted by Crippen LogP contribution is 2.26. The van der Waals surface area contributed by atoms with Crippen molar-refractivity contribution in [1.82, 2.24) is 9.80 Å². The molecule has 0 bridgehead atoms. The summed E-state index contributed by atoms with van der Waals surface area (Å²) in [5.41, 5.74) is 1.76. The number of hydrogen-bond donors (Lipinski definition) is 1. The molecule has 0 radical (unpaired) electrons. The number of carbonyl (C=O) groups is 3. The summed E-state index contributed by atoms with van der Waals surface area (Å²) in [4.78, 5) is 40.2. The highest BCUT2D eigenvalue weighted by Gasteiger charge is 2.35. The molecule has 2 aromatic carbocycles. The molecule has 0 aromatic heterocycles. The zero-order valence-electron chi connectivity index (χ0n) is 15.3. The Morgan fingerprint density at radius 3 is 2.46 bits per heavy atom. The molecule has 3 amide bonds. The van der Waals surface area contributed by atoms with Crippen LogP contribution in [0.15, 0.2) is 53.0 Å². The molecule has 146 valence electrons. The van der Waals surface area contributed by atoms with Gasteiger partial charge in [0.25, 0.3) is 11.8 Å². The quantitative estimate of drug-likeness (QED) is 0.634. The van der Waals surface area contributed by atoms with Crippen LogP contribution in [0.3, 0.4) is 0 Å². The third-order valence-corrected chi connectivity index (χ3v) is 5.14. The van der Waals surface area contributed by atoms with Crippen molar-refractivity contribution in [2.45, 2.75) is 19.4 Å². The van der Waals surface area contributed by atoms with Gasteiger partial charge in [-0.05, 0) is 30.2 Å². The first-order chi connectivity index (χ1) is 13.5. The third kappa shape index (κ3) is 4.48. The van der Waals surface area contributed by atoms with Crippen LogP contribution in [0, 0.1) is 0 Å². The number of nitrogens with zero attached hydrogens (tertiary/aromatic N) is 2. The van der Waals surface area contributed by atoms with Crippen LogP contribution in [0.5, 0.6) is 0 Å². The van der Waals surface area contributed by atoms with E-state index in [-0.39, 0.29) is 43.8 Å². The fourth-order valence-electron chi connectivity index (χ4n) is 3.23. The molecule has 0 aliphatic carbocycles. The van der Waals surface area contributed by atoms with Gasteiger partial charge in [0.1, 0.15) is 0 Å². The molecule has 1 N–H and O–H groups in total. The fourth-order valence-corrected chi connectivity index (χ4v) is 3.59. The summed E-state index contributed by atoms with van der Waals surface area (Å²) in [7, 11) is 0. The monoisotopic (exact) mass is 444 g/mol. The maximum absolute atomic E-state index is 12.6. The van der Waals surface area contributed by atoms with Crippen LogP contribution in [-0.2, 0) is 11.3 Å². The molecule has 1 aliphatic rings. The van der Waals surface area contributed by atoms with Gasteiger partial charge in [-0.2, -0.15) is 0 Å². The normalized spacial score (nSPS) is 13.0. The average molecular weight is 445 g/mol. The van der Waals surface area contributed by atoms with E-state index in [2.05, 4.69) is 15.9 Å². The summed E-state index contributed by atoms with van der Waals surface area (Å²) in [5, 5.41) is 9.26. The smallest absolute Gasteiger partial charge is 0.261 e. The van der Waals surface area contributed by atoms with E-state index in [0.717, 1.165) is 10.0 Å². The second-order valence-corrected chi connectivity index (χ2v) is 7.50. The van der Waals surface area contributed by atoms with Gasteiger partial charge in [-0.25, -0.2) is 0 Å². The van der Waals surface area contributed by atoms with Crippen LogP contribution in [0.2, 0.25) is 0 Å². The zero-order chi connectivity index (χ0) is 20.1. The Bertz CT molecular complexity index is 885. The fraction of sp³-hybridized carbons (Fsp3) is 0.286. The minimum atomic E-state index is -0.328. The van der Waals surface area contributed by atoms with Crippen molar-refractivity contribution in [2.24, 2.45) is 0 Å². The van der Waals surface area contributed by atoms with E-state index in [4.69, 9.17) is 0 Å². The Labute approximate surface area is 171 Å². The number of benzene rings is 2. The molecule has 1 aliphatic heterocycles.